The number of carbonyl (C=O) groups excluding carboxylic acids is 1. The fourth-order valence-corrected chi connectivity index (χ4v) is 5.32. The van der Waals surface area contributed by atoms with Crippen molar-refractivity contribution in [3.05, 3.63) is 59.7 Å². The van der Waals surface area contributed by atoms with Crippen LogP contribution in [0.2, 0.25) is 0 Å². The lowest BCUT2D eigenvalue weighted by Crippen LogP contribution is -2.49. The Morgan fingerprint density at radius 1 is 1.13 bits per heavy atom. The third kappa shape index (κ3) is 4.96. The summed E-state index contributed by atoms with van der Waals surface area (Å²) in [6, 6.07) is 9.62. The van der Waals surface area contributed by atoms with Crippen LogP contribution in [0.25, 0.3) is 11.1 Å². The van der Waals surface area contributed by atoms with Crippen molar-refractivity contribution >= 4 is 15.9 Å². The molecule has 4 rings (SSSR count). The topological polar surface area (TPSA) is 66.5 Å². The van der Waals surface area contributed by atoms with Crippen molar-refractivity contribution in [2.24, 2.45) is 5.92 Å². The number of nitrogens with one attached hydrogen (secondary N) is 1. The number of hydrogen-bond donors (Lipinski definition) is 1. The van der Waals surface area contributed by atoms with Crippen molar-refractivity contribution in [1.29, 1.82) is 0 Å². The van der Waals surface area contributed by atoms with Crippen LogP contribution in [0.3, 0.4) is 0 Å². The summed E-state index contributed by atoms with van der Waals surface area (Å²) < 4.78 is 54.6. The Hall–Kier alpha value is -2.32. The van der Waals surface area contributed by atoms with E-state index in [-0.39, 0.29) is 23.4 Å². The van der Waals surface area contributed by atoms with Gasteiger partial charge >= 0.3 is 0 Å². The Balaban J connectivity index is 1.63. The van der Waals surface area contributed by atoms with Crippen molar-refractivity contribution in [3.8, 4) is 11.1 Å². The van der Waals surface area contributed by atoms with Crippen LogP contribution in [0, 0.1) is 17.6 Å². The zero-order valence-corrected chi connectivity index (χ0v) is 18.2. The lowest BCUT2D eigenvalue weighted by molar-refractivity contribution is -0.139. The number of halogens is 2. The van der Waals surface area contributed by atoms with E-state index in [0.717, 1.165) is 31.1 Å². The molecule has 31 heavy (non-hydrogen) atoms. The van der Waals surface area contributed by atoms with Crippen molar-refractivity contribution < 1.29 is 22.0 Å². The lowest BCUT2D eigenvalue weighted by atomic mass is 9.84. The number of sulfonamides is 1. The highest BCUT2D eigenvalue weighted by Crippen LogP contribution is 2.33. The van der Waals surface area contributed by atoms with Crippen molar-refractivity contribution in [2.45, 2.75) is 44.2 Å². The van der Waals surface area contributed by atoms with E-state index in [0.29, 0.717) is 24.9 Å². The predicted molar refractivity (Wildman–Crippen MR) is 115 cm³/mol. The molecule has 1 amide bonds. The van der Waals surface area contributed by atoms with Gasteiger partial charge in [-0.25, -0.2) is 21.9 Å². The smallest absolute Gasteiger partial charge is 0.225 e. The number of hydrogen-bond acceptors (Lipinski definition) is 3. The fourth-order valence-electron chi connectivity index (χ4n) is 4.50. The van der Waals surface area contributed by atoms with Crippen molar-refractivity contribution in [1.82, 2.24) is 9.62 Å². The highest BCUT2D eigenvalue weighted by atomic mass is 32.2. The first-order chi connectivity index (χ1) is 14.7. The molecule has 0 unspecified atom stereocenters. The number of carbonyl (C=O) groups is 1. The molecule has 2 fully saturated rings. The molecule has 5 nitrogen and oxygen atoms in total. The van der Waals surface area contributed by atoms with Crippen LogP contribution in [0.15, 0.2) is 42.5 Å². The molecule has 1 N–H and O–H groups in total. The molecule has 166 valence electrons. The molecule has 8 heteroatoms. The van der Waals surface area contributed by atoms with Crippen LogP contribution in [0.4, 0.5) is 8.78 Å². The van der Waals surface area contributed by atoms with E-state index in [1.54, 1.807) is 23.1 Å². The Morgan fingerprint density at radius 2 is 1.90 bits per heavy atom. The van der Waals surface area contributed by atoms with Gasteiger partial charge in [-0.05, 0) is 61.1 Å². The summed E-state index contributed by atoms with van der Waals surface area (Å²) in [5.74, 6) is -0.834. The molecule has 0 bridgehead atoms. The average Bonchev–Trinajstić information content (AvgIpc) is 3.02. The average molecular weight is 449 g/mol. The zero-order valence-electron chi connectivity index (χ0n) is 17.4. The Morgan fingerprint density at radius 3 is 2.55 bits per heavy atom. The number of likely N-dealkylation sites (tertiary alicyclic amines) is 1. The van der Waals surface area contributed by atoms with E-state index in [9.17, 15) is 22.0 Å². The van der Waals surface area contributed by atoms with Crippen LogP contribution in [-0.2, 0) is 21.2 Å². The first-order valence-electron chi connectivity index (χ1n) is 10.5. The van der Waals surface area contributed by atoms with Crippen molar-refractivity contribution in [2.75, 3.05) is 12.8 Å². The molecule has 1 saturated carbocycles. The van der Waals surface area contributed by atoms with Crippen LogP contribution in [-0.4, -0.2) is 44.1 Å². The van der Waals surface area contributed by atoms with Gasteiger partial charge in [0.2, 0.25) is 15.9 Å². The summed E-state index contributed by atoms with van der Waals surface area (Å²) in [5, 5.41) is 0. The third-order valence-corrected chi connectivity index (χ3v) is 6.99. The van der Waals surface area contributed by atoms with Crippen LogP contribution in [0.5, 0.6) is 0 Å². The van der Waals surface area contributed by atoms with Crippen LogP contribution < -0.4 is 4.72 Å². The SMILES string of the molecule is CS(=O)(=O)N[C@H]1CCN(C(=O)C2CCC2)[C@H]1Cc1ccc(F)c(-c2cccc(F)c2)c1. The zero-order chi connectivity index (χ0) is 22.2. The molecule has 1 heterocycles. The molecule has 1 aliphatic carbocycles. The first-order valence-corrected chi connectivity index (χ1v) is 12.4. The van der Waals surface area contributed by atoms with E-state index >= 15 is 0 Å². The Labute approximate surface area is 181 Å². The van der Waals surface area contributed by atoms with Gasteiger partial charge in [-0.15, -0.1) is 0 Å². The standard InChI is InChI=1S/C23H26F2N2O3S/c1-31(29,30)26-21-10-11-27(23(28)16-4-2-5-16)22(21)13-15-8-9-20(25)19(12-15)17-6-3-7-18(24)14-17/h3,6-9,12,14,16,21-22,26H,2,4-5,10-11,13H2,1H3/t21-,22-/m0/s1. The van der Waals surface area contributed by atoms with E-state index in [4.69, 9.17) is 0 Å². The molecular weight excluding hydrogens is 422 g/mol. The molecule has 1 saturated heterocycles. The number of amides is 1. The number of nitrogens with zero attached hydrogens (tertiary/aromatic N) is 1. The maximum Gasteiger partial charge on any atom is 0.225 e. The molecule has 2 aromatic carbocycles. The monoisotopic (exact) mass is 448 g/mol. The highest BCUT2D eigenvalue weighted by molar-refractivity contribution is 7.88. The first kappa shape index (κ1) is 21.9. The predicted octanol–water partition coefficient (Wildman–Crippen LogP) is 3.49. The fraction of sp³-hybridized carbons (Fsp3) is 0.435. The molecule has 2 aromatic rings. The molecule has 2 atom stereocenters. The van der Waals surface area contributed by atoms with Gasteiger partial charge in [0.05, 0.1) is 12.3 Å². The van der Waals surface area contributed by atoms with E-state index in [1.165, 1.54) is 24.3 Å². The van der Waals surface area contributed by atoms with Gasteiger partial charge in [-0.2, -0.15) is 0 Å². The second kappa shape index (κ2) is 8.67. The van der Waals surface area contributed by atoms with E-state index in [2.05, 4.69) is 4.72 Å². The second-order valence-electron chi connectivity index (χ2n) is 8.54. The minimum atomic E-state index is -3.45. The highest BCUT2D eigenvalue weighted by Gasteiger charge is 2.41. The summed E-state index contributed by atoms with van der Waals surface area (Å²) in [5.41, 5.74) is 1.47. The maximum absolute atomic E-state index is 14.5. The second-order valence-corrected chi connectivity index (χ2v) is 10.3. The van der Waals surface area contributed by atoms with Gasteiger partial charge in [0.15, 0.2) is 0 Å². The Bertz CT molecular complexity index is 1090. The van der Waals surface area contributed by atoms with Crippen LogP contribution in [0.1, 0.15) is 31.2 Å². The van der Waals surface area contributed by atoms with E-state index in [1.807, 2.05) is 0 Å². The van der Waals surface area contributed by atoms with Gasteiger partial charge < -0.3 is 4.90 Å². The summed E-state index contributed by atoms with van der Waals surface area (Å²) >= 11 is 0. The molecule has 0 aromatic heterocycles. The molecule has 0 radical (unpaired) electrons. The minimum absolute atomic E-state index is 0.00977. The van der Waals surface area contributed by atoms with Crippen molar-refractivity contribution in [3.63, 3.8) is 0 Å². The van der Waals surface area contributed by atoms with Gasteiger partial charge in [-0.3, -0.25) is 4.79 Å². The number of rotatable bonds is 6. The maximum atomic E-state index is 14.5. The summed E-state index contributed by atoms with van der Waals surface area (Å²) in [4.78, 5) is 14.8. The largest absolute Gasteiger partial charge is 0.337 e. The molecular formula is C23H26F2N2O3S. The number of benzene rings is 2. The minimum Gasteiger partial charge on any atom is -0.337 e. The summed E-state index contributed by atoms with van der Waals surface area (Å²) in [6.45, 7) is 0.491. The van der Waals surface area contributed by atoms with Gasteiger partial charge in [-0.1, -0.05) is 24.6 Å². The molecule has 1 aliphatic heterocycles. The quantitative estimate of drug-likeness (QED) is 0.736. The van der Waals surface area contributed by atoms with E-state index < -0.39 is 27.7 Å². The van der Waals surface area contributed by atoms with Gasteiger partial charge in [0, 0.05) is 24.1 Å². The van der Waals surface area contributed by atoms with Gasteiger partial charge in [0.1, 0.15) is 11.6 Å². The molecule has 0 spiro atoms. The Kier molecular flexibility index (Phi) is 6.12. The van der Waals surface area contributed by atoms with Crippen LogP contribution >= 0.6 is 0 Å². The summed E-state index contributed by atoms with van der Waals surface area (Å²) in [7, 11) is -3.45. The molecule has 2 aliphatic rings. The third-order valence-electron chi connectivity index (χ3n) is 6.26. The van der Waals surface area contributed by atoms with Gasteiger partial charge in [0.25, 0.3) is 0 Å². The lowest BCUT2D eigenvalue weighted by Gasteiger charge is -2.34. The summed E-state index contributed by atoms with van der Waals surface area (Å²) in [6.07, 6.45) is 4.80. The normalized spacial score (nSPS) is 21.8.